The molecule has 0 radical (unpaired) electrons. The molecule has 4 nitrogen and oxygen atoms in total. The molecule has 4 heteroatoms. The van der Waals surface area contributed by atoms with Gasteiger partial charge in [0, 0.05) is 0 Å². The molecule has 0 bridgehead atoms. The number of aliphatic hydroxyl groups excluding tert-OH is 2. The minimum atomic E-state index is -0.517. The first-order valence-electron chi connectivity index (χ1n) is 6.96. The van der Waals surface area contributed by atoms with Gasteiger partial charge in [-0.1, -0.05) is 24.3 Å². The molecule has 1 aliphatic rings. The largest absolute Gasteiger partial charge is 0.392 e. The third kappa shape index (κ3) is 6.34. The van der Waals surface area contributed by atoms with Crippen molar-refractivity contribution in [1.82, 2.24) is 0 Å². The standard InChI is InChI=1S/C15H26O4/c1-15(2)18-13(9-5-3-7-11-16)14(19-15)10-6-4-8-12-17/h3-4,7-8,13-14,16-17H,5-6,9-12H2,1-2H3/t13-,14-/m0/s1. The van der Waals surface area contributed by atoms with Gasteiger partial charge in [0.2, 0.25) is 0 Å². The molecule has 1 fully saturated rings. The number of ether oxygens (including phenoxy) is 2. The van der Waals surface area contributed by atoms with Crippen LogP contribution >= 0.6 is 0 Å². The maximum atomic E-state index is 8.69. The molecule has 1 rings (SSSR count). The van der Waals surface area contributed by atoms with E-state index in [9.17, 15) is 0 Å². The Kier molecular flexibility index (Phi) is 7.31. The lowest BCUT2D eigenvalue weighted by molar-refractivity contribution is -0.147. The van der Waals surface area contributed by atoms with Crippen LogP contribution in [0.1, 0.15) is 39.5 Å². The molecule has 0 saturated carbocycles. The third-order valence-electron chi connectivity index (χ3n) is 3.06. The van der Waals surface area contributed by atoms with Gasteiger partial charge >= 0.3 is 0 Å². The van der Waals surface area contributed by atoms with Gasteiger partial charge in [-0.2, -0.15) is 0 Å². The van der Waals surface area contributed by atoms with Gasteiger partial charge in [-0.25, -0.2) is 0 Å². The second kappa shape index (κ2) is 8.48. The highest BCUT2D eigenvalue weighted by Crippen LogP contribution is 2.32. The van der Waals surface area contributed by atoms with Crippen molar-refractivity contribution in [2.24, 2.45) is 0 Å². The second-order valence-corrected chi connectivity index (χ2v) is 5.18. The molecule has 0 amide bonds. The molecule has 0 aromatic carbocycles. The summed E-state index contributed by atoms with van der Waals surface area (Å²) in [5, 5.41) is 17.4. The molecular weight excluding hydrogens is 244 g/mol. The molecule has 0 spiro atoms. The van der Waals surface area contributed by atoms with Gasteiger partial charge in [-0.3, -0.25) is 0 Å². The molecule has 0 aromatic rings. The molecule has 19 heavy (non-hydrogen) atoms. The maximum absolute atomic E-state index is 8.69. The number of aliphatic hydroxyl groups is 2. The van der Waals surface area contributed by atoms with Gasteiger partial charge in [-0.05, 0) is 39.5 Å². The first kappa shape index (κ1) is 16.4. The Bertz CT molecular complexity index is 269. The van der Waals surface area contributed by atoms with E-state index in [0.29, 0.717) is 0 Å². The predicted molar refractivity (Wildman–Crippen MR) is 74.7 cm³/mol. The average molecular weight is 270 g/mol. The minimum Gasteiger partial charge on any atom is -0.392 e. The van der Waals surface area contributed by atoms with Crippen molar-refractivity contribution in [2.75, 3.05) is 13.2 Å². The summed E-state index contributed by atoms with van der Waals surface area (Å²) < 4.78 is 11.8. The normalized spacial score (nSPS) is 26.7. The van der Waals surface area contributed by atoms with Gasteiger partial charge in [-0.15, -0.1) is 0 Å². The van der Waals surface area contributed by atoms with Crippen LogP contribution in [0, 0.1) is 0 Å². The molecule has 0 aromatic heterocycles. The van der Waals surface area contributed by atoms with E-state index in [1.165, 1.54) is 0 Å². The summed E-state index contributed by atoms with van der Waals surface area (Å²) >= 11 is 0. The SMILES string of the molecule is CC1(C)O[C@@H](CCC=CCO)[C@H](CCC=CCO)O1. The Morgan fingerprint density at radius 3 is 1.63 bits per heavy atom. The van der Waals surface area contributed by atoms with E-state index in [4.69, 9.17) is 19.7 Å². The van der Waals surface area contributed by atoms with Crippen LogP contribution in [-0.4, -0.2) is 41.4 Å². The van der Waals surface area contributed by atoms with Gasteiger partial charge in [0.1, 0.15) is 0 Å². The van der Waals surface area contributed by atoms with Crippen molar-refractivity contribution in [2.45, 2.75) is 57.5 Å². The Morgan fingerprint density at radius 2 is 1.26 bits per heavy atom. The van der Waals surface area contributed by atoms with E-state index >= 15 is 0 Å². The van der Waals surface area contributed by atoms with Crippen LogP contribution in [-0.2, 0) is 9.47 Å². The lowest BCUT2D eigenvalue weighted by Gasteiger charge is -2.16. The lowest BCUT2D eigenvalue weighted by Crippen LogP contribution is -2.22. The van der Waals surface area contributed by atoms with Crippen molar-refractivity contribution >= 4 is 0 Å². The highest BCUT2D eigenvalue weighted by molar-refractivity contribution is 4.89. The summed E-state index contributed by atoms with van der Waals surface area (Å²) in [5.41, 5.74) is 0. The smallest absolute Gasteiger partial charge is 0.163 e. The summed E-state index contributed by atoms with van der Waals surface area (Å²) in [4.78, 5) is 0. The van der Waals surface area contributed by atoms with E-state index in [0.717, 1.165) is 25.7 Å². The zero-order valence-electron chi connectivity index (χ0n) is 11.9. The van der Waals surface area contributed by atoms with Crippen molar-refractivity contribution in [3.05, 3.63) is 24.3 Å². The van der Waals surface area contributed by atoms with Crippen LogP contribution in [0.2, 0.25) is 0 Å². The number of rotatable bonds is 8. The van der Waals surface area contributed by atoms with Gasteiger partial charge in [0.05, 0.1) is 25.4 Å². The van der Waals surface area contributed by atoms with Crippen LogP contribution in [0.4, 0.5) is 0 Å². The van der Waals surface area contributed by atoms with Crippen molar-refractivity contribution < 1.29 is 19.7 Å². The lowest BCUT2D eigenvalue weighted by atomic mass is 10.0. The van der Waals surface area contributed by atoms with Crippen molar-refractivity contribution in [1.29, 1.82) is 0 Å². The molecule has 1 heterocycles. The highest BCUT2D eigenvalue weighted by atomic mass is 16.7. The minimum absolute atomic E-state index is 0.0862. The van der Waals surface area contributed by atoms with Crippen LogP contribution < -0.4 is 0 Å². The number of hydrogen-bond acceptors (Lipinski definition) is 4. The topological polar surface area (TPSA) is 58.9 Å². The molecular formula is C15H26O4. The van der Waals surface area contributed by atoms with Crippen LogP contribution in [0.5, 0.6) is 0 Å². The molecule has 1 saturated heterocycles. The molecule has 2 atom stereocenters. The summed E-state index contributed by atoms with van der Waals surface area (Å²) in [7, 11) is 0. The zero-order valence-corrected chi connectivity index (χ0v) is 11.9. The Labute approximate surface area is 115 Å². The average Bonchev–Trinajstić information content (AvgIpc) is 2.65. The fourth-order valence-electron chi connectivity index (χ4n) is 2.30. The second-order valence-electron chi connectivity index (χ2n) is 5.18. The highest BCUT2D eigenvalue weighted by Gasteiger charge is 2.39. The molecule has 2 N–H and O–H groups in total. The molecule has 110 valence electrons. The number of hydrogen-bond donors (Lipinski definition) is 2. The molecule has 0 aliphatic carbocycles. The zero-order chi connectivity index (χ0) is 14.1. The summed E-state index contributed by atoms with van der Waals surface area (Å²) in [6.45, 7) is 4.05. The van der Waals surface area contributed by atoms with Crippen molar-refractivity contribution in [3.8, 4) is 0 Å². The summed E-state index contributed by atoms with van der Waals surface area (Å²) in [6, 6.07) is 0. The van der Waals surface area contributed by atoms with Crippen molar-refractivity contribution in [3.63, 3.8) is 0 Å². The quantitative estimate of drug-likeness (QED) is 0.664. The first-order valence-corrected chi connectivity index (χ1v) is 6.96. The van der Waals surface area contributed by atoms with E-state index < -0.39 is 5.79 Å². The summed E-state index contributed by atoms with van der Waals surface area (Å²) in [5.74, 6) is -0.517. The maximum Gasteiger partial charge on any atom is 0.163 e. The first-order chi connectivity index (χ1) is 9.09. The molecule has 1 aliphatic heterocycles. The van der Waals surface area contributed by atoms with E-state index in [2.05, 4.69) is 0 Å². The predicted octanol–water partition coefficient (Wildman–Crippen LogP) is 2.16. The number of allylic oxidation sites excluding steroid dienone is 2. The van der Waals surface area contributed by atoms with Gasteiger partial charge < -0.3 is 19.7 Å². The Balaban J connectivity index is 2.40. The van der Waals surface area contributed by atoms with Gasteiger partial charge in [0.15, 0.2) is 5.79 Å². The van der Waals surface area contributed by atoms with E-state index in [1.807, 2.05) is 26.0 Å². The van der Waals surface area contributed by atoms with E-state index in [1.54, 1.807) is 12.2 Å². The van der Waals surface area contributed by atoms with E-state index in [-0.39, 0.29) is 25.4 Å². The third-order valence-corrected chi connectivity index (χ3v) is 3.06. The molecule has 0 unspecified atom stereocenters. The Morgan fingerprint density at radius 1 is 0.842 bits per heavy atom. The monoisotopic (exact) mass is 270 g/mol. The van der Waals surface area contributed by atoms with Crippen LogP contribution in [0.25, 0.3) is 0 Å². The Hall–Kier alpha value is -0.680. The van der Waals surface area contributed by atoms with Crippen LogP contribution in [0.15, 0.2) is 24.3 Å². The van der Waals surface area contributed by atoms with Gasteiger partial charge in [0.25, 0.3) is 0 Å². The van der Waals surface area contributed by atoms with Crippen LogP contribution in [0.3, 0.4) is 0 Å². The fraction of sp³-hybridized carbons (Fsp3) is 0.733. The fourth-order valence-corrected chi connectivity index (χ4v) is 2.30. The summed E-state index contributed by atoms with van der Waals surface area (Å²) in [6.07, 6.45) is 11.2.